The van der Waals surface area contributed by atoms with Crippen molar-refractivity contribution in [3.8, 4) is 0 Å². The highest BCUT2D eigenvalue weighted by Gasteiger charge is 2.23. The van der Waals surface area contributed by atoms with Crippen molar-refractivity contribution in [3.05, 3.63) is 0 Å². The highest BCUT2D eigenvalue weighted by atomic mass is 32.2. The van der Waals surface area contributed by atoms with Crippen molar-refractivity contribution in [3.63, 3.8) is 0 Å². The molecule has 0 aromatic carbocycles. The third-order valence-electron chi connectivity index (χ3n) is 1.55. The number of hydrogen-bond donors (Lipinski definition) is 2. The number of esters is 1. The summed E-state index contributed by atoms with van der Waals surface area (Å²) in [5, 5.41) is 8.76. The molecule has 15 heavy (non-hydrogen) atoms. The summed E-state index contributed by atoms with van der Waals surface area (Å²) in [7, 11) is -1.18. The highest BCUT2D eigenvalue weighted by Crippen LogP contribution is 1.92. The Morgan fingerprint density at radius 1 is 1.47 bits per heavy atom. The zero-order valence-electron chi connectivity index (χ0n) is 8.60. The average Bonchev–Trinajstić information content (AvgIpc) is 2.22. The topological polar surface area (TPSA) is 102 Å². The lowest BCUT2D eigenvalue weighted by atomic mass is 10.3. The molecular weight excluding hydrogens is 226 g/mol. The molecule has 1 atom stereocenters. The minimum Gasteiger partial charge on any atom is -0.468 e. The van der Waals surface area contributed by atoms with Crippen molar-refractivity contribution in [2.45, 2.75) is 6.04 Å². The number of methoxy groups -OCH3 is 2. The van der Waals surface area contributed by atoms with Gasteiger partial charge in [0.15, 0.2) is 0 Å². The number of nitrogens with one attached hydrogen (secondary N) is 1. The molecule has 8 heteroatoms. The number of carbonyl (C=O) groups excluding carboxylic acids is 1. The van der Waals surface area contributed by atoms with Crippen LogP contribution in [0.5, 0.6) is 0 Å². The molecule has 0 amide bonds. The van der Waals surface area contributed by atoms with Crippen LogP contribution in [0.1, 0.15) is 0 Å². The normalized spacial score (nSPS) is 13.5. The lowest BCUT2D eigenvalue weighted by Crippen LogP contribution is -2.45. The number of hydrogen-bond acceptors (Lipinski definition) is 6. The monoisotopic (exact) mass is 241 g/mol. The van der Waals surface area contributed by atoms with Gasteiger partial charge in [0, 0.05) is 7.11 Å². The van der Waals surface area contributed by atoms with Gasteiger partial charge < -0.3 is 14.6 Å². The van der Waals surface area contributed by atoms with Crippen molar-refractivity contribution < 1.29 is 27.8 Å². The van der Waals surface area contributed by atoms with E-state index in [2.05, 4.69) is 9.47 Å². The molecule has 2 N–H and O–H groups in total. The molecule has 0 spiro atoms. The van der Waals surface area contributed by atoms with E-state index in [-0.39, 0.29) is 12.4 Å². The van der Waals surface area contributed by atoms with E-state index >= 15 is 0 Å². The lowest BCUT2D eigenvalue weighted by Gasteiger charge is -2.13. The minimum atomic E-state index is -3.65. The number of rotatable bonds is 7. The van der Waals surface area contributed by atoms with Gasteiger partial charge in [0.05, 0.1) is 26.1 Å². The summed E-state index contributed by atoms with van der Waals surface area (Å²) in [6, 6.07) is -1.27. The molecule has 0 rings (SSSR count). The summed E-state index contributed by atoms with van der Waals surface area (Å²) in [4.78, 5) is 11.0. The van der Waals surface area contributed by atoms with E-state index in [9.17, 15) is 13.2 Å². The van der Waals surface area contributed by atoms with Gasteiger partial charge in [-0.05, 0) is 0 Å². The second kappa shape index (κ2) is 6.72. The molecule has 0 aromatic heterocycles. The SMILES string of the molecule is COCCS(=O)(=O)NC(CO)C(=O)OC. The summed E-state index contributed by atoms with van der Waals surface area (Å²) < 4.78 is 33.4. The third-order valence-corrected chi connectivity index (χ3v) is 2.89. The summed E-state index contributed by atoms with van der Waals surface area (Å²) in [6.45, 7) is -0.645. The molecule has 1 unspecified atom stereocenters. The van der Waals surface area contributed by atoms with Gasteiger partial charge in [0.25, 0.3) is 0 Å². The van der Waals surface area contributed by atoms with Crippen LogP contribution in [0.25, 0.3) is 0 Å². The van der Waals surface area contributed by atoms with Gasteiger partial charge in [0.2, 0.25) is 10.0 Å². The molecule has 90 valence electrons. The molecule has 0 heterocycles. The van der Waals surface area contributed by atoms with Gasteiger partial charge in [-0.1, -0.05) is 0 Å². The predicted molar refractivity (Wildman–Crippen MR) is 51.7 cm³/mol. The Balaban J connectivity index is 4.34. The van der Waals surface area contributed by atoms with E-state index in [0.717, 1.165) is 7.11 Å². The van der Waals surface area contributed by atoms with Crippen LogP contribution >= 0.6 is 0 Å². The van der Waals surface area contributed by atoms with E-state index in [1.807, 2.05) is 4.72 Å². The second-order valence-corrected chi connectivity index (χ2v) is 4.56. The maximum atomic E-state index is 11.3. The van der Waals surface area contributed by atoms with Crippen molar-refractivity contribution in [2.75, 3.05) is 33.2 Å². The largest absolute Gasteiger partial charge is 0.468 e. The number of sulfonamides is 1. The zero-order chi connectivity index (χ0) is 11.9. The molecule has 0 fully saturated rings. The smallest absolute Gasteiger partial charge is 0.326 e. The van der Waals surface area contributed by atoms with E-state index in [0.29, 0.717) is 0 Å². The molecule has 0 aliphatic heterocycles. The zero-order valence-corrected chi connectivity index (χ0v) is 9.41. The van der Waals surface area contributed by atoms with Crippen molar-refractivity contribution in [1.82, 2.24) is 4.72 Å². The third kappa shape index (κ3) is 5.67. The molecular formula is C7H15NO6S. The van der Waals surface area contributed by atoms with Crippen molar-refractivity contribution >= 4 is 16.0 Å². The fourth-order valence-electron chi connectivity index (χ4n) is 0.771. The maximum absolute atomic E-state index is 11.3. The van der Waals surface area contributed by atoms with Crippen LogP contribution in [-0.4, -0.2) is 58.7 Å². The maximum Gasteiger partial charge on any atom is 0.326 e. The van der Waals surface area contributed by atoms with Crippen LogP contribution in [0.2, 0.25) is 0 Å². The molecule has 0 radical (unpaired) electrons. The van der Waals surface area contributed by atoms with Crippen LogP contribution in [0.3, 0.4) is 0 Å². The Hall–Kier alpha value is -0.700. The molecule has 0 aromatic rings. The van der Waals surface area contributed by atoms with Gasteiger partial charge in [-0.25, -0.2) is 8.42 Å². The Morgan fingerprint density at radius 3 is 2.47 bits per heavy atom. The molecule has 7 nitrogen and oxygen atoms in total. The lowest BCUT2D eigenvalue weighted by molar-refractivity contribution is -0.143. The summed E-state index contributed by atoms with van der Waals surface area (Å²) >= 11 is 0. The summed E-state index contributed by atoms with van der Waals surface area (Å²) in [6.07, 6.45) is 0. The number of aliphatic hydroxyl groups is 1. The standard InChI is InChI=1S/C7H15NO6S/c1-13-3-4-15(11,12)8-6(5-9)7(10)14-2/h6,8-9H,3-5H2,1-2H3. The minimum absolute atomic E-state index is 0.00859. The Kier molecular flexibility index (Phi) is 6.41. The molecule has 0 aliphatic rings. The Labute approximate surface area is 88.4 Å². The molecule has 0 aliphatic carbocycles. The van der Waals surface area contributed by atoms with Gasteiger partial charge in [0.1, 0.15) is 6.04 Å². The number of carbonyl (C=O) groups is 1. The van der Waals surface area contributed by atoms with Crippen molar-refractivity contribution in [2.24, 2.45) is 0 Å². The first-order valence-electron chi connectivity index (χ1n) is 4.14. The van der Waals surface area contributed by atoms with Gasteiger partial charge in [-0.3, -0.25) is 4.79 Å². The average molecular weight is 241 g/mol. The fraction of sp³-hybridized carbons (Fsp3) is 0.857. The Morgan fingerprint density at radius 2 is 2.07 bits per heavy atom. The van der Waals surface area contributed by atoms with E-state index in [4.69, 9.17) is 5.11 Å². The van der Waals surface area contributed by atoms with Crippen LogP contribution < -0.4 is 4.72 Å². The van der Waals surface area contributed by atoms with Crippen LogP contribution in [-0.2, 0) is 24.3 Å². The fourth-order valence-corrected chi connectivity index (χ4v) is 1.88. The first-order valence-corrected chi connectivity index (χ1v) is 5.79. The van der Waals surface area contributed by atoms with Crippen LogP contribution in [0.15, 0.2) is 0 Å². The van der Waals surface area contributed by atoms with Crippen LogP contribution in [0, 0.1) is 0 Å². The first kappa shape index (κ1) is 14.3. The van der Waals surface area contributed by atoms with Gasteiger partial charge >= 0.3 is 5.97 Å². The summed E-state index contributed by atoms with van der Waals surface area (Å²) in [5.74, 6) is -1.12. The quantitative estimate of drug-likeness (QED) is 0.504. The van der Waals surface area contributed by atoms with E-state index in [1.165, 1.54) is 7.11 Å². The Bertz CT molecular complexity index is 288. The van der Waals surface area contributed by atoms with Crippen LogP contribution in [0.4, 0.5) is 0 Å². The molecule has 0 saturated heterocycles. The second-order valence-electron chi connectivity index (χ2n) is 2.69. The summed E-state index contributed by atoms with van der Waals surface area (Å²) in [5.41, 5.74) is 0. The van der Waals surface area contributed by atoms with E-state index < -0.39 is 28.6 Å². The van der Waals surface area contributed by atoms with Crippen molar-refractivity contribution in [1.29, 1.82) is 0 Å². The van der Waals surface area contributed by atoms with Gasteiger partial charge in [-0.2, -0.15) is 4.72 Å². The number of ether oxygens (including phenoxy) is 2. The highest BCUT2D eigenvalue weighted by molar-refractivity contribution is 7.89. The molecule has 0 bridgehead atoms. The predicted octanol–water partition coefficient (Wildman–Crippen LogP) is -1.91. The van der Waals surface area contributed by atoms with Gasteiger partial charge in [-0.15, -0.1) is 0 Å². The molecule has 0 saturated carbocycles. The van der Waals surface area contributed by atoms with E-state index in [1.54, 1.807) is 0 Å². The number of aliphatic hydroxyl groups excluding tert-OH is 1. The first-order chi connectivity index (χ1) is 6.96.